The van der Waals surface area contributed by atoms with Crippen molar-refractivity contribution in [3.05, 3.63) is 71.5 Å². The van der Waals surface area contributed by atoms with Gasteiger partial charge in [-0.05, 0) is 36.4 Å². The smallest absolute Gasteiger partial charge is 0.227 e. The predicted octanol–water partition coefficient (Wildman–Crippen LogP) is 3.98. The Bertz CT molecular complexity index is 1000. The zero-order valence-corrected chi connectivity index (χ0v) is 16.2. The molecular weight excluding hydrogens is 397 g/mol. The number of anilines is 1. The van der Waals surface area contributed by atoms with Crippen LogP contribution in [0.2, 0.25) is 5.02 Å². The van der Waals surface area contributed by atoms with Crippen LogP contribution in [0.15, 0.2) is 59.1 Å². The van der Waals surface area contributed by atoms with Gasteiger partial charge in [0.05, 0.1) is 11.2 Å². The fourth-order valence-corrected chi connectivity index (χ4v) is 3.03. The summed E-state index contributed by atoms with van der Waals surface area (Å²) in [5.41, 5.74) is 6.41. The molecule has 6 nitrogen and oxygen atoms in total. The van der Waals surface area contributed by atoms with Crippen molar-refractivity contribution in [1.29, 1.82) is 0 Å². The molecule has 0 aliphatic rings. The minimum absolute atomic E-state index is 0.00122. The van der Waals surface area contributed by atoms with Gasteiger partial charge in [-0.1, -0.05) is 23.7 Å². The maximum absolute atomic E-state index is 13.2. The molecule has 0 saturated heterocycles. The lowest BCUT2D eigenvalue weighted by Crippen LogP contribution is -2.34. The third-order valence-electron chi connectivity index (χ3n) is 4.27. The molecule has 2 amide bonds. The molecule has 2 aromatic carbocycles. The van der Waals surface area contributed by atoms with Gasteiger partial charge in [0.15, 0.2) is 11.7 Å². The fourth-order valence-electron chi connectivity index (χ4n) is 2.80. The number of rotatable bonds is 8. The molecule has 8 heteroatoms. The molecule has 0 bridgehead atoms. The first-order chi connectivity index (χ1) is 13.9. The lowest BCUT2D eigenvalue weighted by molar-refractivity contribution is -0.119. The molecule has 0 atom stereocenters. The lowest BCUT2D eigenvalue weighted by Gasteiger charge is -2.22. The summed E-state index contributed by atoms with van der Waals surface area (Å²) in [5, 5.41) is 0.542. The number of nitrogens with two attached hydrogens (primary N) is 1. The van der Waals surface area contributed by atoms with Gasteiger partial charge in [0.2, 0.25) is 11.8 Å². The SMILES string of the molecule is NC(=O)CCN(C(=O)CCc1ncc(-c2ccccc2Cl)o1)c1ccc(F)cc1. The van der Waals surface area contributed by atoms with Gasteiger partial charge >= 0.3 is 0 Å². The number of nitrogens with zero attached hydrogens (tertiary/aromatic N) is 2. The van der Waals surface area contributed by atoms with E-state index in [2.05, 4.69) is 4.98 Å². The van der Waals surface area contributed by atoms with Crippen molar-refractivity contribution in [1.82, 2.24) is 4.98 Å². The van der Waals surface area contributed by atoms with Crippen LogP contribution < -0.4 is 10.6 Å². The van der Waals surface area contributed by atoms with E-state index in [4.69, 9.17) is 21.8 Å². The van der Waals surface area contributed by atoms with Crippen molar-refractivity contribution in [3.8, 4) is 11.3 Å². The molecule has 3 rings (SSSR count). The average molecular weight is 416 g/mol. The van der Waals surface area contributed by atoms with E-state index in [1.54, 1.807) is 12.3 Å². The van der Waals surface area contributed by atoms with E-state index in [0.717, 1.165) is 0 Å². The third-order valence-corrected chi connectivity index (χ3v) is 4.60. The highest BCUT2D eigenvalue weighted by molar-refractivity contribution is 6.33. The molecule has 150 valence electrons. The van der Waals surface area contributed by atoms with E-state index in [-0.39, 0.29) is 31.7 Å². The van der Waals surface area contributed by atoms with Crippen molar-refractivity contribution >= 4 is 29.1 Å². The number of primary amides is 1. The Morgan fingerprint density at radius 2 is 1.83 bits per heavy atom. The minimum Gasteiger partial charge on any atom is -0.441 e. The number of carbonyl (C=O) groups excluding carboxylic acids is 2. The van der Waals surface area contributed by atoms with Crippen LogP contribution in [0.5, 0.6) is 0 Å². The standard InChI is InChI=1S/C21H19ClFN3O3/c22-17-4-2-1-3-16(17)18-13-25-20(29-18)9-10-21(28)26(12-11-19(24)27)15-7-5-14(23)6-8-15/h1-8,13H,9-12H2,(H2,24,27). The quantitative estimate of drug-likeness (QED) is 0.602. The van der Waals surface area contributed by atoms with Crippen molar-refractivity contribution < 1.29 is 18.4 Å². The highest BCUT2D eigenvalue weighted by Gasteiger charge is 2.18. The molecule has 2 N–H and O–H groups in total. The number of hydrogen-bond acceptors (Lipinski definition) is 4. The second kappa shape index (κ2) is 9.34. The third kappa shape index (κ3) is 5.42. The van der Waals surface area contributed by atoms with Gasteiger partial charge in [0.1, 0.15) is 5.82 Å². The highest BCUT2D eigenvalue weighted by atomic mass is 35.5. The molecule has 1 aromatic heterocycles. The first kappa shape index (κ1) is 20.5. The molecule has 0 aliphatic heterocycles. The van der Waals surface area contributed by atoms with Crippen molar-refractivity contribution in [2.75, 3.05) is 11.4 Å². The Hall–Kier alpha value is -3.19. The summed E-state index contributed by atoms with van der Waals surface area (Å²) in [6.07, 6.45) is 1.92. The van der Waals surface area contributed by atoms with Crippen LogP contribution in [0.1, 0.15) is 18.7 Å². The summed E-state index contributed by atoms with van der Waals surface area (Å²) in [4.78, 5) is 29.5. The summed E-state index contributed by atoms with van der Waals surface area (Å²) >= 11 is 6.16. The van der Waals surface area contributed by atoms with E-state index >= 15 is 0 Å². The molecule has 3 aromatic rings. The second-order valence-corrected chi connectivity index (χ2v) is 6.74. The van der Waals surface area contributed by atoms with Crippen LogP contribution in [-0.2, 0) is 16.0 Å². The summed E-state index contributed by atoms with van der Waals surface area (Å²) < 4.78 is 18.9. The van der Waals surface area contributed by atoms with Crippen LogP contribution in [-0.4, -0.2) is 23.3 Å². The second-order valence-electron chi connectivity index (χ2n) is 6.34. The Labute approximate surface area is 172 Å². The molecule has 1 heterocycles. The minimum atomic E-state index is -0.526. The molecule has 0 spiro atoms. The van der Waals surface area contributed by atoms with Gasteiger partial charge in [-0.15, -0.1) is 0 Å². The molecular formula is C21H19ClFN3O3. The maximum Gasteiger partial charge on any atom is 0.227 e. The van der Waals surface area contributed by atoms with E-state index < -0.39 is 11.7 Å². The summed E-state index contributed by atoms with van der Waals surface area (Å²) in [5.74, 6) is -0.287. The molecule has 0 aliphatic carbocycles. The maximum atomic E-state index is 13.2. The fraction of sp³-hybridized carbons (Fsp3) is 0.190. The monoisotopic (exact) mass is 415 g/mol. The number of oxazole rings is 1. The number of hydrogen-bond donors (Lipinski definition) is 1. The first-order valence-corrected chi connectivity index (χ1v) is 9.35. The van der Waals surface area contributed by atoms with Crippen LogP contribution in [0, 0.1) is 5.82 Å². The summed E-state index contributed by atoms with van der Waals surface area (Å²) in [7, 11) is 0. The van der Waals surface area contributed by atoms with Gasteiger partial charge in [-0.2, -0.15) is 0 Å². The number of benzene rings is 2. The lowest BCUT2D eigenvalue weighted by atomic mass is 10.2. The van der Waals surface area contributed by atoms with E-state index in [1.807, 2.05) is 18.2 Å². The topological polar surface area (TPSA) is 89.4 Å². The Morgan fingerprint density at radius 1 is 1.10 bits per heavy atom. The Balaban J connectivity index is 1.69. The van der Waals surface area contributed by atoms with Crippen LogP contribution in [0.3, 0.4) is 0 Å². The van der Waals surface area contributed by atoms with Crippen molar-refractivity contribution in [3.63, 3.8) is 0 Å². The predicted molar refractivity (Wildman–Crippen MR) is 108 cm³/mol. The van der Waals surface area contributed by atoms with Crippen LogP contribution in [0.4, 0.5) is 10.1 Å². The van der Waals surface area contributed by atoms with Crippen molar-refractivity contribution in [2.45, 2.75) is 19.3 Å². The van der Waals surface area contributed by atoms with E-state index in [9.17, 15) is 14.0 Å². The van der Waals surface area contributed by atoms with E-state index in [0.29, 0.717) is 27.9 Å². The zero-order valence-electron chi connectivity index (χ0n) is 15.5. The van der Waals surface area contributed by atoms with Gasteiger partial charge in [-0.3, -0.25) is 9.59 Å². The van der Waals surface area contributed by atoms with E-state index in [1.165, 1.54) is 29.2 Å². The number of carbonyl (C=O) groups is 2. The first-order valence-electron chi connectivity index (χ1n) is 8.98. The molecule has 0 unspecified atom stereocenters. The molecule has 0 saturated carbocycles. The van der Waals surface area contributed by atoms with Gasteiger partial charge in [-0.25, -0.2) is 9.37 Å². The number of amides is 2. The number of halogens is 2. The highest BCUT2D eigenvalue weighted by Crippen LogP contribution is 2.28. The normalized spacial score (nSPS) is 10.7. The van der Waals surface area contributed by atoms with Crippen LogP contribution >= 0.6 is 11.6 Å². The Kier molecular flexibility index (Phi) is 6.61. The molecule has 0 fully saturated rings. The van der Waals surface area contributed by atoms with Gasteiger partial charge < -0.3 is 15.1 Å². The number of aromatic nitrogens is 1. The van der Waals surface area contributed by atoms with Crippen LogP contribution in [0.25, 0.3) is 11.3 Å². The molecule has 0 radical (unpaired) electrons. The van der Waals surface area contributed by atoms with Crippen molar-refractivity contribution in [2.24, 2.45) is 5.73 Å². The van der Waals surface area contributed by atoms with Gasteiger partial charge in [0.25, 0.3) is 0 Å². The number of aryl methyl sites for hydroxylation is 1. The summed E-state index contributed by atoms with van der Waals surface area (Å²) in [6.45, 7) is 0.107. The summed E-state index contributed by atoms with van der Waals surface area (Å²) in [6, 6.07) is 12.7. The largest absolute Gasteiger partial charge is 0.441 e. The zero-order chi connectivity index (χ0) is 20.8. The average Bonchev–Trinajstić information content (AvgIpc) is 3.17. The molecule has 29 heavy (non-hydrogen) atoms. The van der Waals surface area contributed by atoms with Gasteiger partial charge in [0, 0.05) is 37.1 Å². The Morgan fingerprint density at radius 3 is 2.52 bits per heavy atom.